The van der Waals surface area contributed by atoms with Crippen molar-refractivity contribution in [1.29, 1.82) is 0 Å². The highest BCUT2D eigenvalue weighted by Gasteiger charge is 2.39. The third-order valence-corrected chi connectivity index (χ3v) is 5.12. The van der Waals surface area contributed by atoms with Crippen LogP contribution in [0.4, 0.5) is 5.69 Å². The zero-order valence-corrected chi connectivity index (χ0v) is 12.4. The Balaban J connectivity index is 1.63. The summed E-state index contributed by atoms with van der Waals surface area (Å²) in [5.74, 6) is 2.32. The van der Waals surface area contributed by atoms with Crippen LogP contribution in [0.1, 0.15) is 48.8 Å². The molecule has 1 aromatic rings. The van der Waals surface area contributed by atoms with Gasteiger partial charge in [-0.1, -0.05) is 13.3 Å². The van der Waals surface area contributed by atoms with Crippen LogP contribution in [0, 0.1) is 17.8 Å². The third kappa shape index (κ3) is 2.19. The maximum absolute atomic E-state index is 12.3. The lowest BCUT2D eigenvalue weighted by Crippen LogP contribution is -2.33. The van der Waals surface area contributed by atoms with Gasteiger partial charge in [-0.05, 0) is 43.4 Å². The number of carbonyl (C=O) groups is 1. The molecule has 1 aromatic heterocycles. The molecule has 0 radical (unpaired) electrons. The number of aryl methyl sites for hydroxylation is 2. The summed E-state index contributed by atoms with van der Waals surface area (Å²) >= 11 is 0. The molecule has 2 fully saturated rings. The van der Waals surface area contributed by atoms with Crippen molar-refractivity contribution in [3.8, 4) is 0 Å². The Morgan fingerprint density at radius 3 is 2.80 bits per heavy atom. The van der Waals surface area contributed by atoms with Crippen molar-refractivity contribution in [3.05, 3.63) is 11.4 Å². The molecule has 5 heteroatoms. The van der Waals surface area contributed by atoms with E-state index in [0.29, 0.717) is 17.3 Å². The van der Waals surface area contributed by atoms with Crippen LogP contribution in [0.25, 0.3) is 0 Å². The minimum atomic E-state index is -0.0834. The highest BCUT2D eigenvalue weighted by atomic mass is 16.2. The second kappa shape index (κ2) is 5.11. The maximum atomic E-state index is 12.3. The summed E-state index contributed by atoms with van der Waals surface area (Å²) in [4.78, 5) is 12.3. The van der Waals surface area contributed by atoms with Gasteiger partial charge in [0.25, 0.3) is 5.91 Å². The van der Waals surface area contributed by atoms with E-state index in [2.05, 4.69) is 10.4 Å². The number of nitrogens with two attached hydrogens (primary N) is 1. The number of hydrogen-bond acceptors (Lipinski definition) is 3. The molecule has 110 valence electrons. The highest BCUT2D eigenvalue weighted by Crippen LogP contribution is 2.47. The highest BCUT2D eigenvalue weighted by molar-refractivity contribution is 5.97. The zero-order chi connectivity index (χ0) is 14.3. The van der Waals surface area contributed by atoms with Crippen molar-refractivity contribution in [2.24, 2.45) is 24.8 Å². The molecule has 0 aromatic carbocycles. The smallest absolute Gasteiger partial charge is 0.271 e. The molecule has 2 saturated carbocycles. The van der Waals surface area contributed by atoms with Crippen molar-refractivity contribution in [3.63, 3.8) is 0 Å². The Morgan fingerprint density at radius 1 is 1.45 bits per heavy atom. The van der Waals surface area contributed by atoms with Crippen LogP contribution in [0.5, 0.6) is 0 Å². The van der Waals surface area contributed by atoms with Gasteiger partial charge in [0, 0.05) is 13.6 Å². The molecule has 1 heterocycles. The Bertz CT molecular complexity index is 522. The number of nitrogens with one attached hydrogen (secondary N) is 1. The molecule has 0 saturated heterocycles. The van der Waals surface area contributed by atoms with Crippen LogP contribution in [0.2, 0.25) is 0 Å². The number of hydrogen-bond donors (Lipinski definition) is 2. The Labute approximate surface area is 119 Å². The molecular formula is C15H24N4O. The van der Waals surface area contributed by atoms with Crippen molar-refractivity contribution in [2.75, 3.05) is 12.3 Å². The zero-order valence-electron chi connectivity index (χ0n) is 12.4. The molecule has 2 aliphatic rings. The average Bonchev–Trinajstić information content (AvgIpc) is 3.10. The predicted octanol–water partition coefficient (Wildman–Crippen LogP) is 1.73. The Morgan fingerprint density at radius 2 is 2.25 bits per heavy atom. The standard InChI is InChI=1S/C15H24N4O/c1-3-12-13(16)14(19(2)18-12)15(20)17-8-11-7-9-4-5-10(11)6-9/h9-11H,3-8,16H2,1-2H3,(H,17,20). The van der Waals surface area contributed by atoms with E-state index in [0.717, 1.165) is 30.5 Å². The van der Waals surface area contributed by atoms with E-state index in [9.17, 15) is 4.79 Å². The molecule has 2 aliphatic carbocycles. The van der Waals surface area contributed by atoms with E-state index >= 15 is 0 Å². The molecule has 3 unspecified atom stereocenters. The number of carbonyl (C=O) groups excluding carboxylic acids is 1. The van der Waals surface area contributed by atoms with Crippen LogP contribution in [0.15, 0.2) is 0 Å². The van der Waals surface area contributed by atoms with Crippen LogP contribution in [0.3, 0.4) is 0 Å². The molecule has 3 rings (SSSR count). The molecule has 0 aliphatic heterocycles. The lowest BCUT2D eigenvalue weighted by atomic mass is 9.89. The fraction of sp³-hybridized carbons (Fsp3) is 0.733. The fourth-order valence-electron chi connectivity index (χ4n) is 4.06. The number of rotatable bonds is 4. The number of anilines is 1. The van der Waals surface area contributed by atoms with Gasteiger partial charge in [-0.3, -0.25) is 9.48 Å². The van der Waals surface area contributed by atoms with E-state index in [1.165, 1.54) is 25.7 Å². The number of fused-ring (bicyclic) bond motifs is 2. The maximum Gasteiger partial charge on any atom is 0.271 e. The van der Waals surface area contributed by atoms with Gasteiger partial charge < -0.3 is 11.1 Å². The molecule has 3 atom stereocenters. The summed E-state index contributed by atoms with van der Waals surface area (Å²) in [7, 11) is 1.78. The minimum Gasteiger partial charge on any atom is -0.395 e. The molecular weight excluding hydrogens is 252 g/mol. The van der Waals surface area contributed by atoms with E-state index in [1.54, 1.807) is 11.7 Å². The van der Waals surface area contributed by atoms with Gasteiger partial charge in [0.1, 0.15) is 5.69 Å². The summed E-state index contributed by atoms with van der Waals surface area (Å²) in [6.45, 7) is 2.78. The van der Waals surface area contributed by atoms with Gasteiger partial charge in [0.05, 0.1) is 11.4 Å². The lowest BCUT2D eigenvalue weighted by molar-refractivity contribution is 0.0933. The SMILES string of the molecule is CCc1nn(C)c(C(=O)NCC2CC3CCC2C3)c1N. The van der Waals surface area contributed by atoms with Crippen molar-refractivity contribution in [1.82, 2.24) is 15.1 Å². The van der Waals surface area contributed by atoms with Crippen molar-refractivity contribution >= 4 is 11.6 Å². The van der Waals surface area contributed by atoms with Gasteiger partial charge in [0.15, 0.2) is 0 Å². The Kier molecular flexibility index (Phi) is 3.44. The van der Waals surface area contributed by atoms with Gasteiger partial charge in [-0.2, -0.15) is 5.10 Å². The van der Waals surface area contributed by atoms with E-state index < -0.39 is 0 Å². The lowest BCUT2D eigenvalue weighted by Gasteiger charge is -2.21. The monoisotopic (exact) mass is 276 g/mol. The van der Waals surface area contributed by atoms with Gasteiger partial charge in [0.2, 0.25) is 0 Å². The molecule has 1 amide bonds. The second-order valence-electron chi connectivity index (χ2n) is 6.33. The third-order valence-electron chi connectivity index (χ3n) is 5.12. The Hall–Kier alpha value is -1.52. The van der Waals surface area contributed by atoms with E-state index in [1.807, 2.05) is 6.92 Å². The normalized spacial score (nSPS) is 28.0. The van der Waals surface area contributed by atoms with Crippen LogP contribution >= 0.6 is 0 Å². The first-order chi connectivity index (χ1) is 9.60. The van der Waals surface area contributed by atoms with Gasteiger partial charge in [-0.25, -0.2) is 0 Å². The first-order valence-electron chi connectivity index (χ1n) is 7.69. The first kappa shape index (κ1) is 13.5. The summed E-state index contributed by atoms with van der Waals surface area (Å²) < 4.78 is 1.60. The van der Waals surface area contributed by atoms with Crippen LogP contribution in [-0.4, -0.2) is 22.2 Å². The number of nitrogen functional groups attached to an aromatic ring is 1. The number of nitrogens with zero attached hydrogens (tertiary/aromatic N) is 2. The average molecular weight is 276 g/mol. The predicted molar refractivity (Wildman–Crippen MR) is 78.3 cm³/mol. The van der Waals surface area contributed by atoms with Crippen molar-refractivity contribution < 1.29 is 4.79 Å². The molecule has 5 nitrogen and oxygen atoms in total. The molecule has 20 heavy (non-hydrogen) atoms. The first-order valence-corrected chi connectivity index (χ1v) is 7.69. The minimum absolute atomic E-state index is 0.0834. The van der Waals surface area contributed by atoms with Crippen LogP contribution < -0.4 is 11.1 Å². The van der Waals surface area contributed by atoms with Crippen molar-refractivity contribution in [2.45, 2.75) is 39.0 Å². The molecule has 2 bridgehead atoms. The van der Waals surface area contributed by atoms with Gasteiger partial charge >= 0.3 is 0 Å². The van der Waals surface area contributed by atoms with Gasteiger partial charge in [-0.15, -0.1) is 0 Å². The molecule has 3 N–H and O–H groups in total. The van der Waals surface area contributed by atoms with E-state index in [4.69, 9.17) is 5.73 Å². The summed E-state index contributed by atoms with van der Waals surface area (Å²) in [5, 5.41) is 7.36. The van der Waals surface area contributed by atoms with E-state index in [-0.39, 0.29) is 5.91 Å². The largest absolute Gasteiger partial charge is 0.395 e. The van der Waals surface area contributed by atoms with Crippen LogP contribution in [-0.2, 0) is 13.5 Å². The molecule has 0 spiro atoms. The quantitative estimate of drug-likeness (QED) is 0.879. The fourth-order valence-corrected chi connectivity index (χ4v) is 4.06. The summed E-state index contributed by atoms with van der Waals surface area (Å²) in [6.07, 6.45) is 6.14. The summed E-state index contributed by atoms with van der Waals surface area (Å²) in [5.41, 5.74) is 7.85. The summed E-state index contributed by atoms with van der Waals surface area (Å²) in [6, 6.07) is 0. The topological polar surface area (TPSA) is 72.9 Å². The number of aromatic nitrogens is 2. The second-order valence-corrected chi connectivity index (χ2v) is 6.33. The number of amides is 1.